The smallest absolute Gasteiger partial charge is 0.248 e. The molecule has 0 fully saturated rings. The summed E-state index contributed by atoms with van der Waals surface area (Å²) in [5, 5.41) is 12.0. The second kappa shape index (κ2) is 4.64. The Morgan fingerprint density at radius 1 is 1.44 bits per heavy atom. The van der Waals surface area contributed by atoms with Gasteiger partial charge in [-0.3, -0.25) is 10.1 Å². The molecule has 2 rings (SSSR count). The first kappa shape index (κ1) is 12.4. The molecule has 0 saturated heterocycles. The number of hydrogen-bond donors (Lipinski definition) is 0. The van der Waals surface area contributed by atoms with E-state index in [-0.39, 0.29) is 10.6 Å². The molecule has 0 aliphatic carbocycles. The Morgan fingerprint density at radius 3 is 2.67 bits per heavy atom. The summed E-state index contributed by atoms with van der Waals surface area (Å²) in [6.07, 6.45) is 2.10. The first-order valence-electron chi connectivity index (χ1n) is 5.95. The molecule has 2 aromatic rings. The minimum atomic E-state index is -0.308. The Morgan fingerprint density at radius 2 is 2.11 bits per heavy atom. The molecule has 4 heteroatoms. The molecule has 4 nitrogen and oxygen atoms in total. The fourth-order valence-corrected chi connectivity index (χ4v) is 2.25. The zero-order valence-electron chi connectivity index (χ0n) is 10.8. The average Bonchev–Trinajstić information content (AvgIpc) is 2.60. The van der Waals surface area contributed by atoms with Crippen molar-refractivity contribution in [3.63, 3.8) is 0 Å². The maximum absolute atomic E-state index is 10.9. The van der Waals surface area contributed by atoms with Gasteiger partial charge in [0.15, 0.2) is 0 Å². The number of para-hydroxylation sites is 1. The van der Waals surface area contributed by atoms with Crippen LogP contribution >= 0.6 is 0 Å². The van der Waals surface area contributed by atoms with E-state index >= 15 is 0 Å². The van der Waals surface area contributed by atoms with E-state index in [9.17, 15) is 10.1 Å². The Bertz CT molecular complexity index is 600. The summed E-state index contributed by atoms with van der Waals surface area (Å²) in [5.74, 6) is 0. The van der Waals surface area contributed by atoms with Gasteiger partial charge in [-0.25, -0.2) is 0 Å². The van der Waals surface area contributed by atoms with Gasteiger partial charge in [-0.15, -0.1) is 0 Å². The van der Waals surface area contributed by atoms with Crippen LogP contribution in [0.3, 0.4) is 0 Å². The van der Waals surface area contributed by atoms with Crippen LogP contribution in [0.25, 0.3) is 17.0 Å². The molecule has 0 bridgehead atoms. The van der Waals surface area contributed by atoms with Crippen LogP contribution in [-0.2, 0) is 7.05 Å². The summed E-state index contributed by atoms with van der Waals surface area (Å²) < 4.78 is 2.00. The molecule has 1 aromatic heterocycles. The Kier molecular flexibility index (Phi) is 3.19. The van der Waals surface area contributed by atoms with Crippen molar-refractivity contribution in [2.45, 2.75) is 20.3 Å². The summed E-state index contributed by atoms with van der Waals surface area (Å²) in [4.78, 5) is 10.6. The molecule has 0 amide bonds. The van der Waals surface area contributed by atoms with Crippen molar-refractivity contribution in [3.05, 3.63) is 51.3 Å². The lowest BCUT2D eigenvalue weighted by Gasteiger charge is -2.00. The van der Waals surface area contributed by atoms with Crippen LogP contribution < -0.4 is 0 Å². The number of benzene rings is 1. The summed E-state index contributed by atoms with van der Waals surface area (Å²) in [5.41, 5.74) is 3.33. The number of nitrogens with zero attached hydrogens (tertiary/aromatic N) is 2. The molecular formula is C14H16N2O2. The third kappa shape index (κ3) is 1.90. The van der Waals surface area contributed by atoms with Crippen LogP contribution in [0.15, 0.2) is 30.0 Å². The van der Waals surface area contributed by atoms with Crippen LogP contribution in [0.1, 0.15) is 24.6 Å². The zero-order valence-corrected chi connectivity index (χ0v) is 10.8. The number of aryl methyl sites for hydroxylation is 2. The standard InChI is InChI=1S/C14H16N2O2/c1-4-11(16(17)18)9-14-10(2)12-7-5-6-8-13(12)15(14)3/h5-9H,4H2,1-3H3/b11-9-. The lowest BCUT2D eigenvalue weighted by Crippen LogP contribution is -1.99. The summed E-state index contributed by atoms with van der Waals surface area (Å²) in [7, 11) is 1.94. The van der Waals surface area contributed by atoms with Crippen molar-refractivity contribution in [3.8, 4) is 0 Å². The van der Waals surface area contributed by atoms with Crippen LogP contribution in [0.2, 0.25) is 0 Å². The monoisotopic (exact) mass is 244 g/mol. The van der Waals surface area contributed by atoms with Crippen molar-refractivity contribution >= 4 is 17.0 Å². The maximum Gasteiger partial charge on any atom is 0.248 e. The van der Waals surface area contributed by atoms with Gasteiger partial charge in [0.2, 0.25) is 5.70 Å². The summed E-state index contributed by atoms with van der Waals surface area (Å²) in [6.45, 7) is 3.80. The molecule has 94 valence electrons. The van der Waals surface area contributed by atoms with E-state index in [1.54, 1.807) is 13.0 Å². The first-order chi connectivity index (χ1) is 8.56. The lowest BCUT2D eigenvalue weighted by atomic mass is 10.1. The highest BCUT2D eigenvalue weighted by Gasteiger charge is 2.14. The van der Waals surface area contributed by atoms with E-state index in [0.29, 0.717) is 6.42 Å². The number of hydrogen-bond acceptors (Lipinski definition) is 2. The van der Waals surface area contributed by atoms with Crippen molar-refractivity contribution in [2.24, 2.45) is 7.05 Å². The van der Waals surface area contributed by atoms with Crippen LogP contribution in [0, 0.1) is 17.0 Å². The van der Waals surface area contributed by atoms with Gasteiger partial charge in [0, 0.05) is 30.4 Å². The van der Waals surface area contributed by atoms with Crippen LogP contribution in [0.4, 0.5) is 0 Å². The van der Waals surface area contributed by atoms with E-state index in [2.05, 4.69) is 0 Å². The van der Waals surface area contributed by atoms with Gasteiger partial charge in [-0.05, 0) is 18.6 Å². The second-order valence-electron chi connectivity index (χ2n) is 4.33. The SMILES string of the molecule is CC/C(=C/c1c(C)c2ccccc2n1C)[N+](=O)[O-]. The van der Waals surface area contributed by atoms with Crippen LogP contribution in [0.5, 0.6) is 0 Å². The molecule has 0 atom stereocenters. The van der Waals surface area contributed by atoms with E-state index in [1.165, 1.54) is 0 Å². The number of fused-ring (bicyclic) bond motifs is 1. The molecule has 0 aliphatic rings. The van der Waals surface area contributed by atoms with E-state index in [0.717, 1.165) is 22.2 Å². The molecule has 0 spiro atoms. The van der Waals surface area contributed by atoms with Gasteiger partial charge in [0.05, 0.1) is 10.6 Å². The number of nitro groups is 1. The summed E-state index contributed by atoms with van der Waals surface area (Å²) in [6, 6.07) is 8.03. The predicted molar refractivity (Wildman–Crippen MR) is 72.9 cm³/mol. The molecule has 1 aromatic carbocycles. The Labute approximate surface area is 106 Å². The Balaban J connectivity index is 2.68. The number of rotatable bonds is 3. The molecular weight excluding hydrogens is 228 g/mol. The van der Waals surface area contributed by atoms with Crippen LogP contribution in [-0.4, -0.2) is 9.49 Å². The fraction of sp³-hybridized carbons (Fsp3) is 0.286. The molecule has 0 N–H and O–H groups in total. The van der Waals surface area contributed by atoms with Crippen molar-refractivity contribution < 1.29 is 4.92 Å². The quantitative estimate of drug-likeness (QED) is 0.612. The molecule has 18 heavy (non-hydrogen) atoms. The third-order valence-electron chi connectivity index (χ3n) is 3.32. The second-order valence-corrected chi connectivity index (χ2v) is 4.33. The van der Waals surface area contributed by atoms with Gasteiger partial charge < -0.3 is 4.57 Å². The van der Waals surface area contributed by atoms with Crippen molar-refractivity contribution in [1.29, 1.82) is 0 Å². The van der Waals surface area contributed by atoms with Crippen molar-refractivity contribution in [2.75, 3.05) is 0 Å². The fourth-order valence-electron chi connectivity index (χ4n) is 2.25. The maximum atomic E-state index is 10.9. The highest BCUT2D eigenvalue weighted by molar-refractivity contribution is 5.87. The van der Waals surface area contributed by atoms with Gasteiger partial charge in [-0.2, -0.15) is 0 Å². The van der Waals surface area contributed by atoms with Crippen molar-refractivity contribution in [1.82, 2.24) is 4.57 Å². The van der Waals surface area contributed by atoms with E-state index in [4.69, 9.17) is 0 Å². The largest absolute Gasteiger partial charge is 0.344 e. The van der Waals surface area contributed by atoms with E-state index in [1.807, 2.05) is 42.8 Å². The predicted octanol–water partition coefficient (Wildman–Crippen LogP) is 3.51. The third-order valence-corrected chi connectivity index (χ3v) is 3.32. The number of allylic oxidation sites excluding steroid dienone is 1. The molecule has 0 aliphatic heterocycles. The summed E-state index contributed by atoms with van der Waals surface area (Å²) >= 11 is 0. The highest BCUT2D eigenvalue weighted by Crippen LogP contribution is 2.26. The minimum Gasteiger partial charge on any atom is -0.344 e. The molecule has 0 saturated carbocycles. The van der Waals surface area contributed by atoms with Gasteiger partial charge in [-0.1, -0.05) is 25.1 Å². The van der Waals surface area contributed by atoms with Gasteiger partial charge in [0.25, 0.3) is 0 Å². The van der Waals surface area contributed by atoms with Gasteiger partial charge >= 0.3 is 0 Å². The zero-order chi connectivity index (χ0) is 13.3. The van der Waals surface area contributed by atoms with Gasteiger partial charge in [0.1, 0.15) is 0 Å². The normalized spacial score (nSPS) is 12.1. The van der Waals surface area contributed by atoms with E-state index < -0.39 is 0 Å². The lowest BCUT2D eigenvalue weighted by molar-refractivity contribution is -0.425. The molecule has 0 radical (unpaired) electrons. The first-order valence-corrected chi connectivity index (χ1v) is 5.95. The number of aromatic nitrogens is 1. The molecule has 1 heterocycles. The average molecular weight is 244 g/mol. The minimum absolute atomic E-state index is 0.240. The topological polar surface area (TPSA) is 48.1 Å². The molecule has 0 unspecified atom stereocenters. The Hall–Kier alpha value is -2.10. The highest BCUT2D eigenvalue weighted by atomic mass is 16.6.